The van der Waals surface area contributed by atoms with Crippen LogP contribution in [0.1, 0.15) is 26.6 Å². The van der Waals surface area contributed by atoms with E-state index in [9.17, 15) is 0 Å². The maximum Gasteiger partial charge on any atom is 0.170 e. The van der Waals surface area contributed by atoms with Crippen LogP contribution in [0.15, 0.2) is 0 Å². The number of rotatable bonds is 1. The van der Waals surface area contributed by atoms with E-state index in [0.29, 0.717) is 11.4 Å². The van der Waals surface area contributed by atoms with Crippen molar-refractivity contribution in [3.63, 3.8) is 0 Å². The number of benzene rings is 1. The van der Waals surface area contributed by atoms with Crippen molar-refractivity contribution in [2.24, 2.45) is 0 Å². The van der Waals surface area contributed by atoms with Crippen LogP contribution < -0.4 is 33.0 Å². The summed E-state index contributed by atoms with van der Waals surface area (Å²) in [5.74, 6) is 0.716. The molecular formula is C13H9B6N3. The lowest BCUT2D eigenvalue weighted by molar-refractivity contribution is 0.545. The first kappa shape index (κ1) is 17.0. The second-order valence-corrected chi connectivity index (χ2v) is 6.03. The molecule has 1 heterocycles. The van der Waals surface area contributed by atoms with Gasteiger partial charge in [0, 0.05) is 11.0 Å². The van der Waals surface area contributed by atoms with E-state index in [2.05, 4.69) is 15.0 Å². The molecule has 0 aliphatic heterocycles. The zero-order valence-electron chi connectivity index (χ0n) is 12.8. The topological polar surface area (TPSA) is 38.7 Å². The molecule has 1 aromatic heterocycles. The highest BCUT2D eigenvalue weighted by Crippen LogP contribution is 2.18. The van der Waals surface area contributed by atoms with E-state index in [1.165, 1.54) is 0 Å². The van der Waals surface area contributed by atoms with Crippen LogP contribution >= 0.6 is 0 Å². The summed E-state index contributed by atoms with van der Waals surface area (Å²) in [5.41, 5.74) is 0.767. The Kier molecular flexibility index (Phi) is 4.38. The maximum atomic E-state index is 6.01. The largest absolute Gasteiger partial charge is 0.230 e. The molecule has 94 valence electrons. The molecule has 3 nitrogen and oxygen atoms in total. The Balaban J connectivity index is 2.81. The minimum absolute atomic E-state index is 0.0580. The average molecular weight is 272 g/mol. The van der Waals surface area contributed by atoms with Crippen molar-refractivity contribution in [3.8, 4) is 11.4 Å². The standard InChI is InChI=1S/C13H9B6N3/c1-13(2,3)11-20-10(21-12(19)22-11)4-5(14)7(16)9(18)8(17)6(4)15/h1-3H3. The lowest BCUT2D eigenvalue weighted by Gasteiger charge is -2.22. The highest BCUT2D eigenvalue weighted by molar-refractivity contribution is 6.68. The predicted molar refractivity (Wildman–Crippen MR) is 96.3 cm³/mol. The maximum absolute atomic E-state index is 6.01. The minimum atomic E-state index is -0.333. The molecule has 0 fully saturated rings. The normalized spacial score (nSPS) is 11.6. The molecule has 9 heteroatoms. The molecule has 1 aromatic carbocycles. The fourth-order valence-electron chi connectivity index (χ4n) is 1.93. The Morgan fingerprint density at radius 1 is 0.636 bits per heavy atom. The van der Waals surface area contributed by atoms with Gasteiger partial charge in [0.2, 0.25) is 0 Å². The molecule has 0 saturated heterocycles. The molecule has 22 heavy (non-hydrogen) atoms. The summed E-state index contributed by atoms with van der Waals surface area (Å²) in [6, 6.07) is 0. The molecule has 0 N–H and O–H groups in total. The van der Waals surface area contributed by atoms with Gasteiger partial charge >= 0.3 is 0 Å². The third-order valence-corrected chi connectivity index (χ3v) is 3.25. The molecule has 0 unspecified atom stereocenters. The first-order chi connectivity index (χ1) is 10.0. The summed E-state index contributed by atoms with van der Waals surface area (Å²) >= 11 is 0. The highest BCUT2D eigenvalue weighted by Gasteiger charge is 2.21. The summed E-state index contributed by atoms with van der Waals surface area (Å²) in [6.07, 6.45) is 0. The first-order valence-corrected chi connectivity index (χ1v) is 6.57. The third kappa shape index (κ3) is 2.90. The van der Waals surface area contributed by atoms with Crippen molar-refractivity contribution < 1.29 is 0 Å². The van der Waals surface area contributed by atoms with E-state index in [1.54, 1.807) is 0 Å². The van der Waals surface area contributed by atoms with Crippen LogP contribution in [0.4, 0.5) is 0 Å². The van der Waals surface area contributed by atoms with Gasteiger partial charge in [-0.15, -0.1) is 16.4 Å². The highest BCUT2D eigenvalue weighted by atomic mass is 15.0. The zero-order chi connectivity index (χ0) is 16.8. The molecule has 12 radical (unpaired) electrons. The van der Waals surface area contributed by atoms with E-state index >= 15 is 0 Å². The van der Waals surface area contributed by atoms with Gasteiger partial charge in [0.1, 0.15) is 45.1 Å². The van der Waals surface area contributed by atoms with Gasteiger partial charge in [-0.25, -0.2) is 15.0 Å². The Morgan fingerprint density at radius 3 is 1.55 bits per heavy atom. The Labute approximate surface area is 139 Å². The SMILES string of the molecule is [B]c1nc(-c2c([B])c([B])c([B])c([B])c2[B])nc(C(C)(C)C)n1. The molecule has 0 amide bonds. The van der Waals surface area contributed by atoms with Gasteiger partial charge in [0.15, 0.2) is 13.7 Å². The summed E-state index contributed by atoms with van der Waals surface area (Å²) in [6.45, 7) is 5.85. The van der Waals surface area contributed by atoms with Gasteiger partial charge < -0.3 is 0 Å². The quantitative estimate of drug-likeness (QED) is 0.492. The first-order valence-electron chi connectivity index (χ1n) is 6.57. The van der Waals surface area contributed by atoms with Crippen LogP contribution in [0, 0.1) is 0 Å². The van der Waals surface area contributed by atoms with Gasteiger partial charge in [-0.3, -0.25) is 0 Å². The predicted octanol–water partition coefficient (Wildman–Crippen LogP) is -4.40. The second-order valence-electron chi connectivity index (χ2n) is 6.03. The third-order valence-electron chi connectivity index (χ3n) is 3.25. The number of hydrogen-bond donors (Lipinski definition) is 0. The van der Waals surface area contributed by atoms with Crippen molar-refractivity contribution in [2.45, 2.75) is 26.2 Å². The van der Waals surface area contributed by atoms with Crippen LogP contribution in [-0.4, -0.2) is 62.0 Å². The molecule has 2 rings (SSSR count). The number of hydrogen-bond acceptors (Lipinski definition) is 3. The average Bonchev–Trinajstić information content (AvgIpc) is 2.42. The number of nitrogens with zero attached hydrogens (tertiary/aromatic N) is 3. The number of aromatic nitrogens is 3. The van der Waals surface area contributed by atoms with Crippen molar-refractivity contribution in [1.29, 1.82) is 0 Å². The second kappa shape index (κ2) is 5.68. The van der Waals surface area contributed by atoms with Crippen molar-refractivity contribution >= 4 is 80.1 Å². The monoisotopic (exact) mass is 273 g/mol. The van der Waals surface area contributed by atoms with Gasteiger partial charge in [-0.2, -0.15) is 0 Å². The van der Waals surface area contributed by atoms with Gasteiger partial charge in [-0.05, 0) is 0 Å². The fourth-order valence-corrected chi connectivity index (χ4v) is 1.93. The van der Waals surface area contributed by atoms with Crippen molar-refractivity contribution in [3.05, 3.63) is 5.82 Å². The molecular weight excluding hydrogens is 263 g/mol. The molecule has 0 atom stereocenters. The van der Waals surface area contributed by atoms with E-state index in [0.717, 1.165) is 0 Å². The van der Waals surface area contributed by atoms with Crippen LogP contribution in [0.5, 0.6) is 0 Å². The summed E-state index contributed by atoms with van der Waals surface area (Å²) < 4.78 is 0. The van der Waals surface area contributed by atoms with Crippen LogP contribution in [0.3, 0.4) is 0 Å². The lowest BCUT2D eigenvalue weighted by Crippen LogP contribution is -2.55. The van der Waals surface area contributed by atoms with Crippen molar-refractivity contribution in [1.82, 2.24) is 15.0 Å². The van der Waals surface area contributed by atoms with Crippen molar-refractivity contribution in [2.75, 3.05) is 0 Å². The summed E-state index contributed by atoms with van der Waals surface area (Å²) in [5, 5.41) is 0. The lowest BCUT2D eigenvalue weighted by atomic mass is 9.60. The van der Waals surface area contributed by atoms with E-state index in [4.69, 9.17) is 47.1 Å². The molecule has 0 bridgehead atoms. The fraction of sp³-hybridized carbons (Fsp3) is 0.308. The van der Waals surface area contributed by atoms with Gasteiger partial charge in [-0.1, -0.05) is 31.7 Å². The molecule has 0 saturated carbocycles. The van der Waals surface area contributed by atoms with E-state index in [1.807, 2.05) is 20.8 Å². The molecule has 0 spiro atoms. The molecule has 2 aromatic rings. The molecule has 0 aliphatic carbocycles. The molecule has 0 aliphatic rings. The van der Waals surface area contributed by atoms with E-state index < -0.39 is 0 Å². The van der Waals surface area contributed by atoms with Gasteiger partial charge in [0.25, 0.3) is 0 Å². The Hall–Kier alpha value is -1.38. The summed E-state index contributed by atoms with van der Waals surface area (Å²) in [4.78, 5) is 12.6. The minimum Gasteiger partial charge on any atom is -0.230 e. The smallest absolute Gasteiger partial charge is 0.170 e. The van der Waals surface area contributed by atoms with Crippen LogP contribution in [-0.2, 0) is 5.41 Å². The van der Waals surface area contributed by atoms with Gasteiger partial charge in [0.05, 0.1) is 5.72 Å². The van der Waals surface area contributed by atoms with Crippen LogP contribution in [0.25, 0.3) is 11.4 Å². The Bertz CT molecular complexity index is 725. The zero-order valence-corrected chi connectivity index (χ0v) is 12.8. The van der Waals surface area contributed by atoms with Crippen LogP contribution in [0.2, 0.25) is 0 Å². The summed E-state index contributed by atoms with van der Waals surface area (Å²) in [7, 11) is 35.3. The van der Waals surface area contributed by atoms with E-state index in [-0.39, 0.29) is 44.3 Å². The Morgan fingerprint density at radius 2 is 1.09 bits per heavy atom.